The highest BCUT2D eigenvalue weighted by molar-refractivity contribution is 9.11. The maximum absolute atomic E-state index is 11.3. The SMILES string of the molecule is CC(C)OC(=O)COc1c(Br)cc([N+](=O)[O-])cc1Br. The number of nitrogens with zero attached hydrogens (tertiary/aromatic N) is 1. The second kappa shape index (κ2) is 6.85. The van der Waals surface area contributed by atoms with Gasteiger partial charge in [-0.05, 0) is 45.7 Å². The molecule has 0 saturated heterocycles. The van der Waals surface area contributed by atoms with Gasteiger partial charge < -0.3 is 9.47 Å². The smallest absolute Gasteiger partial charge is 0.344 e. The first-order chi connectivity index (χ1) is 8.81. The molecule has 1 rings (SSSR count). The van der Waals surface area contributed by atoms with E-state index in [4.69, 9.17) is 9.47 Å². The molecule has 0 spiro atoms. The summed E-state index contributed by atoms with van der Waals surface area (Å²) in [7, 11) is 0. The number of non-ortho nitro benzene ring substituents is 1. The van der Waals surface area contributed by atoms with Crippen molar-refractivity contribution in [2.24, 2.45) is 0 Å². The van der Waals surface area contributed by atoms with Crippen molar-refractivity contribution >= 4 is 43.5 Å². The lowest BCUT2D eigenvalue weighted by Gasteiger charge is -2.11. The Balaban J connectivity index is 2.79. The minimum Gasteiger partial charge on any atom is -0.480 e. The van der Waals surface area contributed by atoms with Crippen LogP contribution in [0.1, 0.15) is 13.8 Å². The fraction of sp³-hybridized carbons (Fsp3) is 0.364. The fourth-order valence-corrected chi connectivity index (χ4v) is 2.61. The zero-order valence-corrected chi connectivity index (χ0v) is 13.4. The molecule has 0 amide bonds. The Bertz CT molecular complexity index is 481. The van der Waals surface area contributed by atoms with E-state index >= 15 is 0 Å². The molecule has 0 fully saturated rings. The highest BCUT2D eigenvalue weighted by Gasteiger charge is 2.16. The summed E-state index contributed by atoms with van der Waals surface area (Å²) in [6, 6.07) is 2.60. The van der Waals surface area contributed by atoms with Crippen LogP contribution in [0.2, 0.25) is 0 Å². The fourth-order valence-electron chi connectivity index (χ4n) is 1.22. The van der Waals surface area contributed by atoms with Crippen LogP contribution >= 0.6 is 31.9 Å². The van der Waals surface area contributed by atoms with Crippen LogP contribution in [-0.2, 0) is 9.53 Å². The highest BCUT2D eigenvalue weighted by Crippen LogP contribution is 2.37. The molecule has 0 aliphatic carbocycles. The number of esters is 1. The second-order valence-corrected chi connectivity index (χ2v) is 5.53. The second-order valence-electron chi connectivity index (χ2n) is 3.82. The van der Waals surface area contributed by atoms with Crippen molar-refractivity contribution in [3.05, 3.63) is 31.2 Å². The molecule has 0 aromatic heterocycles. The normalized spacial score (nSPS) is 10.4. The van der Waals surface area contributed by atoms with Crippen LogP contribution in [0.15, 0.2) is 21.1 Å². The van der Waals surface area contributed by atoms with Crippen molar-refractivity contribution < 1.29 is 19.2 Å². The summed E-state index contributed by atoms with van der Waals surface area (Å²) in [5.74, 6) is -0.196. The van der Waals surface area contributed by atoms with E-state index in [0.29, 0.717) is 14.7 Å². The van der Waals surface area contributed by atoms with Crippen molar-refractivity contribution in [3.63, 3.8) is 0 Å². The molecule has 0 N–H and O–H groups in total. The summed E-state index contributed by atoms with van der Waals surface area (Å²) in [5.41, 5.74) is -0.0872. The van der Waals surface area contributed by atoms with Crippen molar-refractivity contribution in [3.8, 4) is 5.75 Å². The first-order valence-corrected chi connectivity index (χ1v) is 6.85. The summed E-state index contributed by atoms with van der Waals surface area (Å²) in [5, 5.41) is 10.7. The van der Waals surface area contributed by atoms with E-state index in [2.05, 4.69) is 31.9 Å². The third kappa shape index (κ3) is 4.79. The molecule has 6 nitrogen and oxygen atoms in total. The van der Waals surface area contributed by atoms with Crippen LogP contribution in [0.4, 0.5) is 5.69 Å². The Morgan fingerprint density at radius 1 is 1.37 bits per heavy atom. The molecule has 1 aromatic rings. The number of carbonyl (C=O) groups excluding carboxylic acids is 1. The summed E-state index contributed by atoms with van der Waals surface area (Å²) in [6.07, 6.45) is -0.222. The van der Waals surface area contributed by atoms with Crippen LogP contribution in [-0.4, -0.2) is 23.6 Å². The van der Waals surface area contributed by atoms with Crippen LogP contribution in [0, 0.1) is 10.1 Å². The number of nitro benzene ring substituents is 1. The zero-order valence-electron chi connectivity index (χ0n) is 10.2. The van der Waals surface area contributed by atoms with E-state index in [1.165, 1.54) is 12.1 Å². The number of carbonyl (C=O) groups is 1. The van der Waals surface area contributed by atoms with Gasteiger partial charge in [0.25, 0.3) is 5.69 Å². The summed E-state index contributed by atoms with van der Waals surface area (Å²) >= 11 is 6.31. The monoisotopic (exact) mass is 395 g/mol. The molecule has 1 aromatic carbocycles. The van der Waals surface area contributed by atoms with Gasteiger partial charge in [-0.2, -0.15) is 0 Å². The Hall–Kier alpha value is -1.15. The number of hydrogen-bond donors (Lipinski definition) is 0. The zero-order chi connectivity index (χ0) is 14.6. The molecule has 104 valence electrons. The Morgan fingerprint density at radius 3 is 2.32 bits per heavy atom. The third-order valence-electron chi connectivity index (χ3n) is 1.90. The molecule has 8 heteroatoms. The van der Waals surface area contributed by atoms with Crippen molar-refractivity contribution in [2.45, 2.75) is 20.0 Å². The first kappa shape index (κ1) is 15.9. The van der Waals surface area contributed by atoms with Gasteiger partial charge in [-0.15, -0.1) is 0 Å². The topological polar surface area (TPSA) is 78.7 Å². The largest absolute Gasteiger partial charge is 0.480 e. The van der Waals surface area contributed by atoms with E-state index < -0.39 is 10.9 Å². The lowest BCUT2D eigenvalue weighted by Crippen LogP contribution is -2.19. The maximum Gasteiger partial charge on any atom is 0.344 e. The number of nitro groups is 1. The average molecular weight is 397 g/mol. The van der Waals surface area contributed by atoms with Crippen molar-refractivity contribution in [1.82, 2.24) is 0 Å². The van der Waals surface area contributed by atoms with Gasteiger partial charge in [0.15, 0.2) is 6.61 Å². The molecule has 0 saturated carbocycles. The summed E-state index contributed by atoms with van der Waals surface area (Å²) in [6.45, 7) is 3.19. The number of rotatable bonds is 5. The predicted molar refractivity (Wildman–Crippen MR) is 75.2 cm³/mol. The summed E-state index contributed by atoms with van der Waals surface area (Å²) in [4.78, 5) is 21.5. The van der Waals surface area contributed by atoms with E-state index in [1.54, 1.807) is 13.8 Å². The standard InChI is InChI=1S/C11H11Br2NO5/c1-6(2)19-10(15)5-18-11-8(12)3-7(14(16)17)4-9(11)13/h3-4,6H,5H2,1-2H3. The van der Waals surface area contributed by atoms with Crippen molar-refractivity contribution in [2.75, 3.05) is 6.61 Å². The minimum atomic E-state index is -0.522. The molecular weight excluding hydrogens is 386 g/mol. The van der Waals surface area contributed by atoms with E-state index in [-0.39, 0.29) is 18.4 Å². The van der Waals surface area contributed by atoms with Gasteiger partial charge in [0.1, 0.15) is 5.75 Å². The molecule has 0 aliphatic heterocycles. The predicted octanol–water partition coefficient (Wildman–Crippen LogP) is 3.45. The van der Waals surface area contributed by atoms with Crippen LogP contribution < -0.4 is 4.74 Å². The Morgan fingerprint density at radius 2 is 1.89 bits per heavy atom. The molecular formula is C11H11Br2NO5. The summed E-state index contributed by atoms with van der Waals surface area (Å²) < 4.78 is 10.9. The maximum atomic E-state index is 11.3. The molecule has 0 unspecified atom stereocenters. The van der Waals surface area contributed by atoms with Gasteiger partial charge in [0, 0.05) is 12.1 Å². The van der Waals surface area contributed by atoms with Crippen LogP contribution in [0.3, 0.4) is 0 Å². The Kier molecular flexibility index (Phi) is 5.74. The van der Waals surface area contributed by atoms with E-state index in [9.17, 15) is 14.9 Å². The van der Waals surface area contributed by atoms with Gasteiger partial charge in [-0.25, -0.2) is 4.79 Å². The van der Waals surface area contributed by atoms with Crippen LogP contribution in [0.25, 0.3) is 0 Å². The molecule has 0 bridgehead atoms. The van der Waals surface area contributed by atoms with Gasteiger partial charge in [0.2, 0.25) is 0 Å². The van der Waals surface area contributed by atoms with E-state index in [1.807, 2.05) is 0 Å². The lowest BCUT2D eigenvalue weighted by molar-refractivity contribution is -0.385. The van der Waals surface area contributed by atoms with Gasteiger partial charge in [0.05, 0.1) is 20.0 Å². The first-order valence-electron chi connectivity index (χ1n) is 5.27. The van der Waals surface area contributed by atoms with Gasteiger partial charge in [-0.1, -0.05) is 0 Å². The molecule has 0 atom stereocenters. The average Bonchev–Trinajstić information content (AvgIpc) is 2.26. The molecule has 0 heterocycles. The molecule has 19 heavy (non-hydrogen) atoms. The number of hydrogen-bond acceptors (Lipinski definition) is 5. The van der Waals surface area contributed by atoms with E-state index in [0.717, 1.165) is 0 Å². The number of benzene rings is 1. The molecule has 0 radical (unpaired) electrons. The number of halogens is 2. The highest BCUT2D eigenvalue weighted by atomic mass is 79.9. The lowest BCUT2D eigenvalue weighted by atomic mass is 10.3. The Labute approximate surface area is 126 Å². The van der Waals surface area contributed by atoms with Gasteiger partial charge in [-0.3, -0.25) is 10.1 Å². The third-order valence-corrected chi connectivity index (χ3v) is 3.07. The quantitative estimate of drug-likeness (QED) is 0.432. The number of ether oxygens (including phenoxy) is 2. The minimum absolute atomic E-state index is 0.0872. The van der Waals surface area contributed by atoms with Gasteiger partial charge >= 0.3 is 5.97 Å². The molecule has 0 aliphatic rings. The van der Waals surface area contributed by atoms with Crippen molar-refractivity contribution in [1.29, 1.82) is 0 Å². The van der Waals surface area contributed by atoms with Crippen LogP contribution in [0.5, 0.6) is 5.75 Å².